The van der Waals surface area contributed by atoms with Crippen LogP contribution in [0.25, 0.3) is 0 Å². The maximum Gasteiger partial charge on any atom is 0.316 e. The summed E-state index contributed by atoms with van der Waals surface area (Å²) in [6, 6.07) is 4.08. The molecule has 1 spiro atoms. The molecular formula is C24H37N3O4. The van der Waals surface area contributed by atoms with Crippen molar-refractivity contribution in [1.82, 2.24) is 14.8 Å². The molecule has 2 fully saturated rings. The van der Waals surface area contributed by atoms with Gasteiger partial charge in [0.15, 0.2) is 0 Å². The molecule has 2 atom stereocenters. The lowest BCUT2D eigenvalue weighted by Gasteiger charge is -2.43. The Hall–Kier alpha value is -1.83. The van der Waals surface area contributed by atoms with Crippen molar-refractivity contribution in [2.45, 2.75) is 63.7 Å². The van der Waals surface area contributed by atoms with Crippen molar-refractivity contribution >= 4 is 11.8 Å². The largest absolute Gasteiger partial charge is 0.457 e. The van der Waals surface area contributed by atoms with Crippen LogP contribution in [0.4, 0.5) is 0 Å². The summed E-state index contributed by atoms with van der Waals surface area (Å²) < 4.78 is 11.7. The smallest absolute Gasteiger partial charge is 0.316 e. The molecule has 3 heterocycles. The summed E-state index contributed by atoms with van der Waals surface area (Å²) in [4.78, 5) is 34.3. The number of hydrogen-bond donors (Lipinski definition) is 0. The first-order valence-electron chi connectivity index (χ1n) is 11.5. The van der Waals surface area contributed by atoms with Crippen molar-refractivity contribution in [1.29, 1.82) is 0 Å². The minimum Gasteiger partial charge on any atom is -0.457 e. The summed E-state index contributed by atoms with van der Waals surface area (Å²) in [5.41, 5.74) is 0.700. The molecule has 1 aromatic rings. The SMILES string of the molecule is COC1CCCN(C)CC2(CCN(Cc3ccncc3)CC2)OC(=O)C(C)C(=O)CC1. The second kappa shape index (κ2) is 11.2. The lowest BCUT2D eigenvalue weighted by molar-refractivity contribution is -0.173. The fraction of sp³-hybridized carbons (Fsp3) is 0.708. The molecule has 2 unspecified atom stereocenters. The van der Waals surface area contributed by atoms with E-state index < -0.39 is 11.5 Å². The van der Waals surface area contributed by atoms with Gasteiger partial charge in [0.05, 0.1) is 6.10 Å². The van der Waals surface area contributed by atoms with Gasteiger partial charge in [-0.2, -0.15) is 0 Å². The predicted molar refractivity (Wildman–Crippen MR) is 119 cm³/mol. The topological polar surface area (TPSA) is 72.0 Å². The van der Waals surface area contributed by atoms with Crippen LogP contribution in [0.15, 0.2) is 24.5 Å². The number of ketones is 1. The van der Waals surface area contributed by atoms with Crippen molar-refractivity contribution in [2.24, 2.45) is 5.92 Å². The third-order valence-electron chi connectivity index (χ3n) is 6.75. The highest BCUT2D eigenvalue weighted by atomic mass is 16.6. The Bertz CT molecular complexity index is 719. The van der Waals surface area contributed by atoms with Crippen LogP contribution in [-0.4, -0.2) is 78.6 Å². The van der Waals surface area contributed by atoms with Crippen LogP contribution in [0.1, 0.15) is 51.0 Å². The van der Waals surface area contributed by atoms with Crippen LogP contribution in [-0.2, 0) is 25.6 Å². The summed E-state index contributed by atoms with van der Waals surface area (Å²) >= 11 is 0. The van der Waals surface area contributed by atoms with Gasteiger partial charge in [0, 0.05) is 64.9 Å². The number of likely N-dealkylation sites (N-methyl/N-ethyl adjacent to an activating group) is 1. The summed E-state index contributed by atoms with van der Waals surface area (Å²) in [6.07, 6.45) is 8.18. The van der Waals surface area contributed by atoms with Crippen molar-refractivity contribution in [3.63, 3.8) is 0 Å². The van der Waals surface area contributed by atoms with Crippen LogP contribution < -0.4 is 0 Å². The highest BCUT2D eigenvalue weighted by molar-refractivity contribution is 5.98. The average molecular weight is 432 g/mol. The molecule has 0 aliphatic carbocycles. The fourth-order valence-electron chi connectivity index (χ4n) is 4.65. The van der Waals surface area contributed by atoms with Crippen molar-refractivity contribution < 1.29 is 19.1 Å². The van der Waals surface area contributed by atoms with E-state index in [9.17, 15) is 9.59 Å². The van der Waals surface area contributed by atoms with E-state index in [-0.39, 0.29) is 17.9 Å². The van der Waals surface area contributed by atoms with E-state index >= 15 is 0 Å². The van der Waals surface area contributed by atoms with E-state index in [2.05, 4.69) is 21.8 Å². The summed E-state index contributed by atoms with van der Waals surface area (Å²) in [5.74, 6) is -1.16. The maximum absolute atomic E-state index is 12.9. The van der Waals surface area contributed by atoms with Gasteiger partial charge < -0.3 is 14.4 Å². The minimum absolute atomic E-state index is 0.0510. The number of carbonyl (C=O) groups excluding carboxylic acids is 2. The Morgan fingerprint density at radius 1 is 1.16 bits per heavy atom. The highest BCUT2D eigenvalue weighted by Crippen LogP contribution is 2.30. The van der Waals surface area contributed by atoms with Gasteiger partial charge in [-0.1, -0.05) is 0 Å². The van der Waals surface area contributed by atoms with Crippen LogP contribution in [0.2, 0.25) is 0 Å². The maximum atomic E-state index is 12.9. The number of nitrogens with zero attached hydrogens (tertiary/aromatic N) is 3. The molecule has 31 heavy (non-hydrogen) atoms. The van der Waals surface area contributed by atoms with Crippen molar-refractivity contribution in [2.75, 3.05) is 40.3 Å². The van der Waals surface area contributed by atoms with Crippen LogP contribution >= 0.6 is 0 Å². The van der Waals surface area contributed by atoms with E-state index in [4.69, 9.17) is 9.47 Å². The van der Waals surface area contributed by atoms with E-state index in [1.165, 1.54) is 5.56 Å². The Labute approximate surface area is 186 Å². The number of Topliss-reactive ketones (excluding diaryl/α,β-unsaturated/α-hetero) is 1. The number of esters is 1. The lowest BCUT2D eigenvalue weighted by atomic mass is 9.89. The van der Waals surface area contributed by atoms with Gasteiger partial charge in [-0.15, -0.1) is 0 Å². The van der Waals surface area contributed by atoms with Crippen LogP contribution in [0.5, 0.6) is 0 Å². The molecule has 0 aromatic carbocycles. The molecule has 7 heteroatoms. The van der Waals surface area contributed by atoms with Gasteiger partial charge >= 0.3 is 5.97 Å². The normalized spacial score (nSPS) is 27.2. The number of carbonyl (C=O) groups is 2. The molecule has 0 radical (unpaired) electrons. The van der Waals surface area contributed by atoms with Gasteiger partial charge in [-0.3, -0.25) is 19.5 Å². The minimum atomic E-state index is -0.727. The standard InChI is InChI=1S/C24H37N3O4/c1-19-22(28)7-6-21(30-3)5-4-14-26(2)18-24(31-23(19)29)10-15-27(16-11-24)17-20-8-12-25-13-9-20/h8-9,12-13,19,21H,4-7,10-11,14-18H2,1-3H3. The second-order valence-corrected chi connectivity index (χ2v) is 9.20. The third kappa shape index (κ3) is 6.82. The summed E-state index contributed by atoms with van der Waals surface area (Å²) in [7, 11) is 3.79. The van der Waals surface area contributed by atoms with Gasteiger partial charge in [-0.25, -0.2) is 0 Å². The first-order valence-corrected chi connectivity index (χ1v) is 11.5. The van der Waals surface area contributed by atoms with Gasteiger partial charge in [-0.05, 0) is 57.5 Å². The zero-order valence-corrected chi connectivity index (χ0v) is 19.2. The number of ether oxygens (including phenoxy) is 2. The number of piperidine rings is 1. The van der Waals surface area contributed by atoms with Crippen molar-refractivity contribution in [3.05, 3.63) is 30.1 Å². The van der Waals surface area contributed by atoms with E-state index in [1.807, 2.05) is 24.5 Å². The van der Waals surface area contributed by atoms with E-state index in [0.717, 1.165) is 51.9 Å². The highest BCUT2D eigenvalue weighted by Gasteiger charge is 2.41. The second-order valence-electron chi connectivity index (χ2n) is 9.20. The van der Waals surface area contributed by atoms with Gasteiger partial charge in [0.25, 0.3) is 0 Å². The average Bonchev–Trinajstić information content (AvgIpc) is 2.77. The molecular weight excluding hydrogens is 394 g/mol. The third-order valence-corrected chi connectivity index (χ3v) is 6.75. The number of pyridine rings is 1. The summed E-state index contributed by atoms with van der Waals surface area (Å²) in [5, 5.41) is 0. The zero-order chi connectivity index (χ0) is 22.3. The number of aromatic nitrogens is 1. The predicted octanol–water partition coefficient (Wildman–Crippen LogP) is 2.69. The first-order chi connectivity index (χ1) is 14.9. The number of hydrogen-bond acceptors (Lipinski definition) is 7. The Kier molecular flexibility index (Phi) is 8.58. The summed E-state index contributed by atoms with van der Waals surface area (Å²) in [6.45, 7) is 5.89. The Morgan fingerprint density at radius 3 is 2.55 bits per heavy atom. The first kappa shape index (κ1) is 23.8. The number of rotatable bonds is 3. The van der Waals surface area contributed by atoms with Crippen LogP contribution in [0.3, 0.4) is 0 Å². The lowest BCUT2D eigenvalue weighted by Crippen LogP contribution is -2.53. The number of likely N-dealkylation sites (tertiary alicyclic amines) is 1. The molecule has 2 saturated heterocycles. The van der Waals surface area contributed by atoms with Crippen LogP contribution in [0, 0.1) is 5.92 Å². The van der Waals surface area contributed by atoms with E-state index in [0.29, 0.717) is 19.4 Å². The molecule has 172 valence electrons. The molecule has 0 N–H and O–H groups in total. The van der Waals surface area contributed by atoms with Crippen molar-refractivity contribution in [3.8, 4) is 0 Å². The molecule has 0 amide bonds. The fourth-order valence-corrected chi connectivity index (χ4v) is 4.65. The Balaban J connectivity index is 1.69. The van der Waals surface area contributed by atoms with Gasteiger partial charge in [0.1, 0.15) is 17.3 Å². The molecule has 1 aromatic heterocycles. The molecule has 0 bridgehead atoms. The molecule has 2 aliphatic heterocycles. The molecule has 2 aliphatic rings. The monoisotopic (exact) mass is 431 g/mol. The Morgan fingerprint density at radius 2 is 1.87 bits per heavy atom. The number of methoxy groups -OCH3 is 1. The van der Waals surface area contributed by atoms with Gasteiger partial charge in [0.2, 0.25) is 0 Å². The zero-order valence-electron chi connectivity index (χ0n) is 19.2. The molecule has 3 rings (SSSR count). The molecule has 7 nitrogen and oxygen atoms in total. The quantitative estimate of drug-likeness (QED) is 0.538. The van der Waals surface area contributed by atoms with E-state index in [1.54, 1.807) is 14.0 Å². The molecule has 0 saturated carbocycles.